The van der Waals surface area contributed by atoms with Gasteiger partial charge in [-0.2, -0.15) is 0 Å². The maximum Gasteiger partial charge on any atom is 0.229 e. The molecule has 1 N–H and O–H groups in total. The predicted octanol–water partition coefficient (Wildman–Crippen LogP) is 3.43. The molecule has 1 aliphatic rings. The first-order valence-electron chi connectivity index (χ1n) is 6.43. The molecule has 2 aromatic rings. The van der Waals surface area contributed by atoms with Crippen LogP contribution in [0.5, 0.6) is 0 Å². The number of carbonyl (C=O) groups is 1. The summed E-state index contributed by atoms with van der Waals surface area (Å²) in [4.78, 5) is 16.5. The minimum atomic E-state index is -0.936. The molecule has 0 aliphatic heterocycles. The predicted molar refractivity (Wildman–Crippen MR) is 80.8 cm³/mol. The highest BCUT2D eigenvalue weighted by Gasteiger charge is 2.67. The molecule has 3 nitrogen and oxygen atoms in total. The van der Waals surface area contributed by atoms with Gasteiger partial charge in [0, 0.05) is 18.1 Å². The first kappa shape index (κ1) is 13.7. The molecule has 1 atom stereocenters. The van der Waals surface area contributed by atoms with Gasteiger partial charge in [-0.25, -0.2) is 0 Å². The molecule has 1 aromatic carbocycles. The second kappa shape index (κ2) is 4.61. The number of fused-ring (bicyclic) bond motifs is 1. The van der Waals surface area contributed by atoms with Crippen molar-refractivity contribution in [1.82, 2.24) is 10.3 Å². The minimum Gasteiger partial charge on any atom is -0.351 e. The van der Waals surface area contributed by atoms with Gasteiger partial charge in [-0.3, -0.25) is 9.78 Å². The second-order valence-corrected chi connectivity index (χ2v) is 6.87. The third-order valence-corrected chi connectivity index (χ3v) is 5.02. The van der Waals surface area contributed by atoms with Crippen LogP contribution in [-0.2, 0) is 11.3 Å². The SMILES string of the molecule is C[C@@]1(C(=O)NCc2cccc3cccnc23)CC1(Cl)Cl. The van der Waals surface area contributed by atoms with E-state index in [2.05, 4.69) is 10.3 Å². The third-order valence-electron chi connectivity index (χ3n) is 3.91. The van der Waals surface area contributed by atoms with E-state index in [1.165, 1.54) is 0 Å². The molecule has 1 saturated carbocycles. The Kier molecular flexibility index (Phi) is 3.14. The van der Waals surface area contributed by atoms with E-state index >= 15 is 0 Å². The highest BCUT2D eigenvalue weighted by molar-refractivity contribution is 6.53. The molecule has 1 aliphatic carbocycles. The summed E-state index contributed by atoms with van der Waals surface area (Å²) in [6.45, 7) is 2.20. The molecule has 1 heterocycles. The number of rotatable bonds is 3. The third kappa shape index (κ3) is 2.15. The number of carbonyl (C=O) groups excluding carboxylic acids is 1. The van der Waals surface area contributed by atoms with E-state index in [1.807, 2.05) is 30.3 Å². The van der Waals surface area contributed by atoms with Crippen molar-refractivity contribution in [2.75, 3.05) is 0 Å². The quantitative estimate of drug-likeness (QED) is 0.883. The number of benzene rings is 1. The summed E-state index contributed by atoms with van der Waals surface area (Å²) in [5.41, 5.74) is 1.20. The van der Waals surface area contributed by atoms with Crippen molar-refractivity contribution in [2.45, 2.75) is 24.2 Å². The Labute approximate surface area is 127 Å². The Morgan fingerprint density at radius 1 is 1.35 bits per heavy atom. The monoisotopic (exact) mass is 308 g/mol. The number of hydrogen-bond donors (Lipinski definition) is 1. The first-order chi connectivity index (χ1) is 9.44. The highest BCUT2D eigenvalue weighted by Crippen LogP contribution is 2.63. The van der Waals surface area contributed by atoms with Gasteiger partial charge in [0.05, 0.1) is 10.9 Å². The summed E-state index contributed by atoms with van der Waals surface area (Å²) in [6, 6.07) is 9.80. The van der Waals surface area contributed by atoms with Gasteiger partial charge < -0.3 is 5.32 Å². The fourth-order valence-corrected chi connectivity index (χ4v) is 3.03. The largest absolute Gasteiger partial charge is 0.351 e. The van der Waals surface area contributed by atoms with E-state index in [4.69, 9.17) is 23.2 Å². The lowest BCUT2D eigenvalue weighted by Gasteiger charge is -2.13. The average molecular weight is 309 g/mol. The van der Waals surface area contributed by atoms with E-state index in [-0.39, 0.29) is 5.91 Å². The molecular weight excluding hydrogens is 295 g/mol. The second-order valence-electron chi connectivity index (χ2n) is 5.39. The van der Waals surface area contributed by atoms with E-state index in [0.717, 1.165) is 16.5 Å². The van der Waals surface area contributed by atoms with Gasteiger partial charge >= 0.3 is 0 Å². The summed E-state index contributed by atoms with van der Waals surface area (Å²) >= 11 is 12.0. The number of nitrogens with zero attached hydrogens (tertiary/aromatic N) is 1. The van der Waals surface area contributed by atoms with Gasteiger partial charge in [0.1, 0.15) is 4.33 Å². The number of halogens is 2. The fourth-order valence-electron chi connectivity index (χ4n) is 2.33. The van der Waals surface area contributed by atoms with Crippen LogP contribution >= 0.6 is 23.2 Å². The molecule has 104 valence electrons. The molecular formula is C15H14Cl2N2O. The maximum atomic E-state index is 12.2. The van der Waals surface area contributed by atoms with Crippen LogP contribution in [-0.4, -0.2) is 15.2 Å². The summed E-state index contributed by atoms with van der Waals surface area (Å²) in [6.07, 6.45) is 2.24. The average Bonchev–Trinajstić information content (AvgIpc) is 2.96. The Balaban J connectivity index is 1.77. The summed E-state index contributed by atoms with van der Waals surface area (Å²) in [7, 11) is 0. The molecule has 1 aromatic heterocycles. The summed E-state index contributed by atoms with van der Waals surface area (Å²) < 4.78 is -0.936. The van der Waals surface area contributed by atoms with Crippen LogP contribution in [0.1, 0.15) is 18.9 Å². The van der Waals surface area contributed by atoms with E-state index in [9.17, 15) is 4.79 Å². The minimum absolute atomic E-state index is 0.115. The lowest BCUT2D eigenvalue weighted by atomic mass is 10.1. The lowest BCUT2D eigenvalue weighted by molar-refractivity contribution is -0.125. The van der Waals surface area contributed by atoms with Crippen molar-refractivity contribution < 1.29 is 4.79 Å². The zero-order chi connectivity index (χ0) is 14.4. The van der Waals surface area contributed by atoms with Gasteiger partial charge in [0.25, 0.3) is 0 Å². The van der Waals surface area contributed by atoms with Crippen molar-refractivity contribution >= 4 is 40.0 Å². The van der Waals surface area contributed by atoms with Crippen LogP contribution in [0.4, 0.5) is 0 Å². The van der Waals surface area contributed by atoms with E-state index in [1.54, 1.807) is 13.1 Å². The fraction of sp³-hybridized carbons (Fsp3) is 0.333. The Morgan fingerprint density at radius 3 is 2.75 bits per heavy atom. The molecule has 1 amide bonds. The number of amides is 1. The molecule has 1 fully saturated rings. The number of pyridine rings is 1. The Hall–Kier alpha value is -1.32. The number of nitrogens with one attached hydrogen (secondary N) is 1. The summed E-state index contributed by atoms with van der Waals surface area (Å²) in [5.74, 6) is -0.115. The van der Waals surface area contributed by atoms with Crippen molar-refractivity contribution in [1.29, 1.82) is 0 Å². The molecule has 0 saturated heterocycles. The van der Waals surface area contributed by atoms with Crippen LogP contribution in [0.3, 0.4) is 0 Å². The van der Waals surface area contributed by atoms with Crippen LogP contribution in [0.2, 0.25) is 0 Å². The Bertz CT molecular complexity index is 681. The number of para-hydroxylation sites is 1. The number of hydrogen-bond acceptors (Lipinski definition) is 2. The summed E-state index contributed by atoms with van der Waals surface area (Å²) in [5, 5.41) is 3.96. The van der Waals surface area contributed by atoms with Crippen molar-refractivity contribution in [3.63, 3.8) is 0 Å². The topological polar surface area (TPSA) is 42.0 Å². The highest BCUT2D eigenvalue weighted by atomic mass is 35.5. The maximum absolute atomic E-state index is 12.2. The van der Waals surface area contributed by atoms with Crippen molar-refractivity contribution in [3.05, 3.63) is 42.1 Å². The zero-order valence-electron chi connectivity index (χ0n) is 11.0. The van der Waals surface area contributed by atoms with Gasteiger partial charge in [-0.15, -0.1) is 23.2 Å². The van der Waals surface area contributed by atoms with Gasteiger partial charge in [0.2, 0.25) is 5.91 Å². The van der Waals surface area contributed by atoms with Crippen LogP contribution in [0.25, 0.3) is 10.9 Å². The molecule has 0 bridgehead atoms. The molecule has 3 rings (SSSR count). The normalized spacial score (nSPS) is 23.6. The number of aromatic nitrogens is 1. The van der Waals surface area contributed by atoms with Gasteiger partial charge in [-0.1, -0.05) is 24.3 Å². The molecule has 0 spiro atoms. The Morgan fingerprint density at radius 2 is 2.05 bits per heavy atom. The first-order valence-corrected chi connectivity index (χ1v) is 7.18. The van der Waals surface area contributed by atoms with Crippen LogP contribution < -0.4 is 5.32 Å². The van der Waals surface area contributed by atoms with E-state index < -0.39 is 9.75 Å². The lowest BCUT2D eigenvalue weighted by Crippen LogP contribution is -2.32. The number of alkyl halides is 2. The van der Waals surface area contributed by atoms with Crippen LogP contribution in [0.15, 0.2) is 36.5 Å². The van der Waals surface area contributed by atoms with Gasteiger partial charge in [0.15, 0.2) is 0 Å². The molecule has 0 radical (unpaired) electrons. The molecule has 20 heavy (non-hydrogen) atoms. The molecule has 5 heteroatoms. The standard InChI is InChI=1S/C15H14Cl2N2O/c1-14(9-15(14,16)17)13(20)19-8-11-5-2-4-10-6-3-7-18-12(10)11/h2-7H,8-9H2,1H3,(H,19,20)/t14-/m0/s1. The zero-order valence-corrected chi connectivity index (χ0v) is 12.5. The van der Waals surface area contributed by atoms with Crippen molar-refractivity contribution in [3.8, 4) is 0 Å². The van der Waals surface area contributed by atoms with Crippen LogP contribution in [0, 0.1) is 5.41 Å². The van der Waals surface area contributed by atoms with E-state index in [0.29, 0.717) is 13.0 Å². The smallest absolute Gasteiger partial charge is 0.229 e. The van der Waals surface area contributed by atoms with Crippen molar-refractivity contribution in [2.24, 2.45) is 5.41 Å². The molecule has 0 unspecified atom stereocenters. The van der Waals surface area contributed by atoms with Gasteiger partial charge in [-0.05, 0) is 25.0 Å².